The maximum Gasteiger partial charge on any atom is 0.261 e. The van der Waals surface area contributed by atoms with Gasteiger partial charge in [0.05, 0.1) is 18.9 Å². The Hall–Kier alpha value is -3.38. The van der Waals surface area contributed by atoms with Gasteiger partial charge in [0, 0.05) is 5.69 Å². The maximum absolute atomic E-state index is 13.6. The minimum Gasteiger partial charge on any atom is -0.494 e. The van der Waals surface area contributed by atoms with E-state index in [0.717, 1.165) is 22.7 Å². The van der Waals surface area contributed by atoms with E-state index in [1.165, 1.54) is 0 Å². The Morgan fingerprint density at radius 1 is 0.774 bits per heavy atom. The molecule has 0 radical (unpaired) electrons. The molecule has 1 atom stereocenters. The number of rotatable bonds is 7. The van der Waals surface area contributed by atoms with Crippen LogP contribution in [0.1, 0.15) is 25.5 Å². The van der Waals surface area contributed by atoms with Gasteiger partial charge < -0.3 is 14.4 Å². The van der Waals surface area contributed by atoms with Crippen LogP contribution >= 0.6 is 12.2 Å². The van der Waals surface area contributed by atoms with Gasteiger partial charge in [-0.3, -0.25) is 9.69 Å². The summed E-state index contributed by atoms with van der Waals surface area (Å²) in [6, 6.07) is 24.2. The van der Waals surface area contributed by atoms with Crippen molar-refractivity contribution in [2.45, 2.75) is 19.9 Å². The van der Waals surface area contributed by atoms with Crippen molar-refractivity contribution in [2.24, 2.45) is 0 Å². The molecule has 158 valence electrons. The van der Waals surface area contributed by atoms with Crippen LogP contribution in [0.2, 0.25) is 0 Å². The number of carbonyl (C=O) groups is 1. The molecule has 1 saturated heterocycles. The predicted molar refractivity (Wildman–Crippen MR) is 127 cm³/mol. The van der Waals surface area contributed by atoms with Gasteiger partial charge in [-0.1, -0.05) is 30.3 Å². The lowest BCUT2D eigenvalue weighted by molar-refractivity contribution is -0.118. The van der Waals surface area contributed by atoms with Crippen LogP contribution in [0.5, 0.6) is 11.5 Å². The molecule has 1 fully saturated rings. The highest BCUT2D eigenvalue weighted by molar-refractivity contribution is 7.81. The lowest BCUT2D eigenvalue weighted by Gasteiger charge is -2.24. The second-order valence-corrected chi connectivity index (χ2v) is 7.36. The largest absolute Gasteiger partial charge is 0.494 e. The van der Waals surface area contributed by atoms with Crippen LogP contribution in [0, 0.1) is 0 Å². The number of nitrogens with zero attached hydrogens (tertiary/aromatic N) is 2. The van der Waals surface area contributed by atoms with E-state index < -0.39 is 6.04 Å². The minimum atomic E-state index is -0.543. The Labute approximate surface area is 187 Å². The van der Waals surface area contributed by atoms with E-state index in [1.54, 1.807) is 4.90 Å². The summed E-state index contributed by atoms with van der Waals surface area (Å²) in [5, 5.41) is 0.437. The Morgan fingerprint density at radius 3 is 1.81 bits per heavy atom. The fourth-order valence-corrected chi connectivity index (χ4v) is 4.10. The molecular weight excluding hydrogens is 408 g/mol. The summed E-state index contributed by atoms with van der Waals surface area (Å²) in [5.41, 5.74) is 2.44. The normalized spacial score (nSPS) is 16.0. The zero-order chi connectivity index (χ0) is 21.8. The molecule has 1 heterocycles. The van der Waals surface area contributed by atoms with Gasteiger partial charge in [-0.05, 0) is 80.2 Å². The van der Waals surface area contributed by atoms with Crippen LogP contribution in [0.15, 0.2) is 78.9 Å². The summed E-state index contributed by atoms with van der Waals surface area (Å²) in [7, 11) is 0. The lowest BCUT2D eigenvalue weighted by Crippen LogP contribution is -2.32. The summed E-state index contributed by atoms with van der Waals surface area (Å²) in [5.74, 6) is 1.45. The fraction of sp³-hybridized carbons (Fsp3) is 0.200. The second kappa shape index (κ2) is 9.18. The fourth-order valence-electron chi connectivity index (χ4n) is 3.70. The van der Waals surface area contributed by atoms with E-state index in [2.05, 4.69) is 0 Å². The van der Waals surface area contributed by atoms with Crippen molar-refractivity contribution in [3.63, 3.8) is 0 Å². The van der Waals surface area contributed by atoms with Crippen LogP contribution < -0.4 is 19.3 Å². The number of hydrogen-bond acceptors (Lipinski definition) is 4. The molecule has 0 bridgehead atoms. The van der Waals surface area contributed by atoms with Crippen LogP contribution in [0.3, 0.4) is 0 Å². The first-order valence-electron chi connectivity index (χ1n) is 10.3. The molecule has 1 aliphatic heterocycles. The van der Waals surface area contributed by atoms with E-state index in [4.69, 9.17) is 21.7 Å². The summed E-state index contributed by atoms with van der Waals surface area (Å²) in [4.78, 5) is 17.1. The van der Waals surface area contributed by atoms with E-state index in [0.29, 0.717) is 24.0 Å². The topological polar surface area (TPSA) is 42.0 Å². The monoisotopic (exact) mass is 432 g/mol. The summed E-state index contributed by atoms with van der Waals surface area (Å²) < 4.78 is 11.1. The van der Waals surface area contributed by atoms with Crippen molar-refractivity contribution in [2.75, 3.05) is 23.0 Å². The Morgan fingerprint density at radius 2 is 1.29 bits per heavy atom. The number of anilines is 2. The van der Waals surface area contributed by atoms with Crippen LogP contribution in [-0.2, 0) is 4.79 Å². The number of ether oxygens (including phenoxy) is 2. The van der Waals surface area contributed by atoms with Crippen LogP contribution in [-0.4, -0.2) is 24.2 Å². The minimum absolute atomic E-state index is 0.0887. The zero-order valence-electron chi connectivity index (χ0n) is 17.5. The van der Waals surface area contributed by atoms with Crippen molar-refractivity contribution >= 4 is 34.6 Å². The molecule has 4 rings (SSSR count). The molecule has 0 spiro atoms. The summed E-state index contributed by atoms with van der Waals surface area (Å²) >= 11 is 5.82. The molecule has 0 N–H and O–H groups in total. The van der Waals surface area contributed by atoms with E-state index >= 15 is 0 Å². The van der Waals surface area contributed by atoms with Gasteiger partial charge in [0.2, 0.25) is 0 Å². The first kappa shape index (κ1) is 20.9. The quantitative estimate of drug-likeness (QED) is 0.470. The molecule has 3 aromatic carbocycles. The summed E-state index contributed by atoms with van der Waals surface area (Å²) in [6.07, 6.45) is 0. The molecule has 0 unspecified atom stereocenters. The Kier molecular flexibility index (Phi) is 6.18. The molecule has 31 heavy (non-hydrogen) atoms. The number of amides is 1. The highest BCUT2D eigenvalue weighted by Gasteiger charge is 2.44. The molecule has 3 aromatic rings. The number of thiocarbonyl (C=S) groups is 1. The SMILES string of the molecule is CCOc1ccc(N2C(=O)[C@@H](c3ccccc3)N(c3ccc(OCC)cc3)C2=S)cc1. The number of benzene rings is 3. The molecule has 6 heteroatoms. The van der Waals surface area contributed by atoms with Gasteiger partial charge in [-0.25, -0.2) is 0 Å². The third-order valence-electron chi connectivity index (χ3n) is 5.06. The third kappa shape index (κ3) is 4.11. The van der Waals surface area contributed by atoms with Gasteiger partial charge >= 0.3 is 0 Å². The highest BCUT2D eigenvalue weighted by Crippen LogP contribution is 2.39. The Bertz CT molecular complexity index is 1050. The van der Waals surface area contributed by atoms with Gasteiger partial charge in [-0.15, -0.1) is 0 Å². The van der Waals surface area contributed by atoms with Crippen molar-refractivity contribution in [1.29, 1.82) is 0 Å². The second-order valence-electron chi connectivity index (χ2n) is 6.99. The van der Waals surface area contributed by atoms with Crippen LogP contribution in [0.25, 0.3) is 0 Å². The molecule has 1 aliphatic rings. The van der Waals surface area contributed by atoms with E-state index in [9.17, 15) is 4.79 Å². The zero-order valence-corrected chi connectivity index (χ0v) is 18.3. The van der Waals surface area contributed by atoms with Gasteiger partial charge in [0.15, 0.2) is 5.11 Å². The molecule has 0 aromatic heterocycles. The van der Waals surface area contributed by atoms with Crippen molar-refractivity contribution in [3.8, 4) is 11.5 Å². The van der Waals surface area contributed by atoms with Gasteiger partial charge in [0.25, 0.3) is 5.91 Å². The average molecular weight is 433 g/mol. The molecule has 0 aliphatic carbocycles. The van der Waals surface area contributed by atoms with Crippen LogP contribution in [0.4, 0.5) is 11.4 Å². The summed E-state index contributed by atoms with van der Waals surface area (Å²) in [6.45, 7) is 5.06. The lowest BCUT2D eigenvalue weighted by atomic mass is 10.1. The van der Waals surface area contributed by atoms with Gasteiger partial charge in [-0.2, -0.15) is 0 Å². The molecular formula is C25H24N2O3S. The number of hydrogen-bond donors (Lipinski definition) is 0. The van der Waals surface area contributed by atoms with Crippen molar-refractivity contribution in [3.05, 3.63) is 84.4 Å². The maximum atomic E-state index is 13.6. The first-order valence-corrected chi connectivity index (χ1v) is 10.7. The average Bonchev–Trinajstić information content (AvgIpc) is 3.06. The van der Waals surface area contributed by atoms with E-state index in [-0.39, 0.29) is 5.91 Å². The smallest absolute Gasteiger partial charge is 0.261 e. The third-order valence-corrected chi connectivity index (χ3v) is 5.44. The molecule has 1 amide bonds. The molecule has 5 nitrogen and oxygen atoms in total. The first-order chi connectivity index (χ1) is 15.1. The Balaban J connectivity index is 1.74. The van der Waals surface area contributed by atoms with Crippen molar-refractivity contribution in [1.82, 2.24) is 0 Å². The standard InChI is InChI=1S/C25H24N2O3S/c1-3-29-21-14-10-19(11-15-21)26-23(18-8-6-5-7-9-18)24(28)27(25(26)31)20-12-16-22(17-13-20)30-4-2/h5-17,23H,3-4H2,1-2H3/t23-/m1/s1. The van der Waals surface area contributed by atoms with Gasteiger partial charge in [0.1, 0.15) is 17.5 Å². The number of carbonyl (C=O) groups excluding carboxylic acids is 1. The molecule has 0 saturated carbocycles. The highest BCUT2D eigenvalue weighted by atomic mass is 32.1. The van der Waals surface area contributed by atoms with Crippen molar-refractivity contribution < 1.29 is 14.3 Å². The predicted octanol–water partition coefficient (Wildman–Crippen LogP) is 5.36. The van der Waals surface area contributed by atoms with E-state index in [1.807, 2.05) is 97.6 Å².